The van der Waals surface area contributed by atoms with Gasteiger partial charge in [-0.05, 0) is 44.5 Å². The molecule has 2 aromatic carbocycles. The molecule has 2 aromatic rings. The van der Waals surface area contributed by atoms with E-state index < -0.39 is 29.3 Å². The fraction of sp³-hybridized carbons (Fsp3) is 0.360. The number of ketones is 1. The van der Waals surface area contributed by atoms with E-state index >= 15 is 0 Å². The molecule has 176 valence electrons. The van der Waals surface area contributed by atoms with Crippen molar-refractivity contribution in [3.63, 3.8) is 0 Å². The van der Waals surface area contributed by atoms with Crippen LogP contribution < -0.4 is 9.47 Å². The summed E-state index contributed by atoms with van der Waals surface area (Å²) in [5, 5.41) is 11.2. The predicted octanol–water partition coefficient (Wildman–Crippen LogP) is 4.08. The molecule has 1 atom stereocenters. The molecule has 0 bridgehead atoms. The van der Waals surface area contributed by atoms with Gasteiger partial charge in [0.05, 0.1) is 37.5 Å². The molecule has 7 nitrogen and oxygen atoms in total. The van der Waals surface area contributed by atoms with Crippen LogP contribution in [0.5, 0.6) is 11.5 Å². The largest absolute Gasteiger partial charge is 0.507 e. The molecule has 3 rings (SSSR count). The lowest BCUT2D eigenvalue weighted by molar-refractivity contribution is -0.140. The third-order valence-corrected chi connectivity index (χ3v) is 5.40. The first-order valence-corrected chi connectivity index (χ1v) is 10.7. The number of carbonyl (C=O) groups is 2. The number of amides is 1. The molecule has 1 unspecified atom stereocenters. The topological polar surface area (TPSA) is 85.3 Å². The van der Waals surface area contributed by atoms with Crippen molar-refractivity contribution >= 4 is 17.4 Å². The smallest absolute Gasteiger partial charge is 0.295 e. The van der Waals surface area contributed by atoms with Crippen molar-refractivity contribution in [2.75, 3.05) is 27.4 Å². The number of hydrogen-bond donors (Lipinski definition) is 1. The first-order chi connectivity index (χ1) is 15.8. The van der Waals surface area contributed by atoms with Crippen molar-refractivity contribution in [2.24, 2.45) is 0 Å². The second-order valence-electron chi connectivity index (χ2n) is 7.85. The number of nitrogens with zero attached hydrogens (tertiary/aromatic N) is 1. The Labute approximate surface area is 192 Å². The van der Waals surface area contributed by atoms with Crippen LogP contribution in [0.2, 0.25) is 0 Å². The maximum Gasteiger partial charge on any atom is 0.295 e. The number of benzene rings is 2. The number of Topliss-reactive ketones (excluding diaryl/α,β-unsaturated/α-hetero) is 1. The van der Waals surface area contributed by atoms with Gasteiger partial charge in [0.2, 0.25) is 0 Å². The van der Waals surface area contributed by atoms with Crippen LogP contribution in [0.15, 0.2) is 48.0 Å². The summed E-state index contributed by atoms with van der Waals surface area (Å²) in [7, 11) is 2.88. The van der Waals surface area contributed by atoms with Crippen molar-refractivity contribution in [3.05, 3.63) is 65.0 Å². The summed E-state index contributed by atoms with van der Waals surface area (Å²) in [5.41, 5.74) is 0.0747. The van der Waals surface area contributed by atoms with E-state index in [2.05, 4.69) is 0 Å². The van der Waals surface area contributed by atoms with Crippen LogP contribution in [0, 0.1) is 5.82 Å². The van der Waals surface area contributed by atoms with E-state index in [9.17, 15) is 19.1 Å². The van der Waals surface area contributed by atoms with Gasteiger partial charge >= 0.3 is 0 Å². The van der Waals surface area contributed by atoms with Gasteiger partial charge in [-0.2, -0.15) is 0 Å². The molecule has 0 aromatic heterocycles. The van der Waals surface area contributed by atoms with Gasteiger partial charge in [0.25, 0.3) is 11.7 Å². The lowest BCUT2D eigenvalue weighted by Gasteiger charge is -2.26. The van der Waals surface area contributed by atoms with E-state index in [0.717, 1.165) is 0 Å². The standard InChI is InChI=1S/C25H28FNO6/c1-15(2)33-13-7-12-27-22(17-8-5-6-9-19(17)26)21(24(29)25(27)30)23(28)18-14-16(31-3)10-11-20(18)32-4/h5-6,8-11,14-15,22,28H,7,12-13H2,1-4H3/b23-21+. The maximum atomic E-state index is 14.8. The molecule has 33 heavy (non-hydrogen) atoms. The molecule has 0 saturated carbocycles. The van der Waals surface area contributed by atoms with Gasteiger partial charge in [-0.15, -0.1) is 0 Å². The molecule has 8 heteroatoms. The lowest BCUT2D eigenvalue weighted by atomic mass is 9.94. The summed E-state index contributed by atoms with van der Waals surface area (Å²) in [5.74, 6) is -2.06. The molecule has 1 heterocycles. The van der Waals surface area contributed by atoms with Crippen LogP contribution in [0.25, 0.3) is 5.76 Å². The Hall–Kier alpha value is -3.39. The molecular formula is C25H28FNO6. The highest BCUT2D eigenvalue weighted by Crippen LogP contribution is 2.42. The summed E-state index contributed by atoms with van der Waals surface area (Å²) in [6, 6.07) is 9.50. The molecule has 1 aliphatic heterocycles. The summed E-state index contributed by atoms with van der Waals surface area (Å²) in [4.78, 5) is 27.3. The van der Waals surface area contributed by atoms with Crippen LogP contribution >= 0.6 is 0 Å². The van der Waals surface area contributed by atoms with E-state index in [1.165, 1.54) is 43.4 Å². The van der Waals surface area contributed by atoms with Gasteiger partial charge in [0, 0.05) is 18.7 Å². The van der Waals surface area contributed by atoms with Gasteiger partial charge in [-0.1, -0.05) is 18.2 Å². The summed E-state index contributed by atoms with van der Waals surface area (Å²) in [6.07, 6.45) is 0.460. The third kappa shape index (κ3) is 5.01. The average Bonchev–Trinajstić information content (AvgIpc) is 3.05. The number of carbonyl (C=O) groups excluding carboxylic acids is 2. The first kappa shape index (κ1) is 24.3. The van der Waals surface area contributed by atoms with Gasteiger partial charge in [-0.25, -0.2) is 4.39 Å². The minimum atomic E-state index is -1.10. The zero-order valence-electron chi connectivity index (χ0n) is 19.1. The molecule has 0 radical (unpaired) electrons. The predicted molar refractivity (Wildman–Crippen MR) is 121 cm³/mol. The second-order valence-corrected chi connectivity index (χ2v) is 7.85. The van der Waals surface area contributed by atoms with E-state index in [1.54, 1.807) is 18.2 Å². The van der Waals surface area contributed by atoms with Crippen LogP contribution in [-0.4, -0.2) is 55.2 Å². The number of hydrogen-bond acceptors (Lipinski definition) is 6. The molecule has 0 aliphatic carbocycles. The van der Waals surface area contributed by atoms with E-state index in [4.69, 9.17) is 14.2 Å². The number of ether oxygens (including phenoxy) is 3. The van der Waals surface area contributed by atoms with Crippen LogP contribution in [0.3, 0.4) is 0 Å². The Morgan fingerprint density at radius 3 is 2.48 bits per heavy atom. The minimum Gasteiger partial charge on any atom is -0.507 e. The zero-order chi connectivity index (χ0) is 24.1. The number of halogens is 1. The zero-order valence-corrected chi connectivity index (χ0v) is 19.1. The van der Waals surface area contributed by atoms with Crippen molar-refractivity contribution in [3.8, 4) is 11.5 Å². The number of aliphatic hydroxyl groups excluding tert-OH is 1. The monoisotopic (exact) mass is 457 g/mol. The average molecular weight is 457 g/mol. The van der Waals surface area contributed by atoms with Crippen molar-refractivity contribution in [1.82, 2.24) is 4.90 Å². The highest BCUT2D eigenvalue weighted by molar-refractivity contribution is 6.46. The van der Waals surface area contributed by atoms with Gasteiger partial charge in [-0.3, -0.25) is 9.59 Å². The minimum absolute atomic E-state index is 0.0169. The molecule has 1 saturated heterocycles. The molecule has 1 fully saturated rings. The summed E-state index contributed by atoms with van der Waals surface area (Å²) < 4.78 is 30.9. The maximum absolute atomic E-state index is 14.8. The fourth-order valence-electron chi connectivity index (χ4n) is 3.83. The van der Waals surface area contributed by atoms with Gasteiger partial charge in [0.1, 0.15) is 23.1 Å². The second kappa shape index (κ2) is 10.5. The molecule has 1 N–H and O–H groups in total. The first-order valence-electron chi connectivity index (χ1n) is 10.7. The van der Waals surface area contributed by atoms with Gasteiger partial charge in [0.15, 0.2) is 0 Å². The van der Waals surface area contributed by atoms with E-state index in [-0.39, 0.29) is 35.1 Å². The Kier molecular flexibility index (Phi) is 7.71. The summed E-state index contributed by atoms with van der Waals surface area (Å²) in [6.45, 7) is 4.32. The Balaban J connectivity index is 2.13. The van der Waals surface area contributed by atoms with Crippen LogP contribution in [0.4, 0.5) is 4.39 Å². The fourth-order valence-corrected chi connectivity index (χ4v) is 3.83. The van der Waals surface area contributed by atoms with Crippen molar-refractivity contribution in [2.45, 2.75) is 32.4 Å². The normalized spacial score (nSPS) is 17.6. The highest BCUT2D eigenvalue weighted by atomic mass is 19.1. The lowest BCUT2D eigenvalue weighted by Crippen LogP contribution is -2.31. The SMILES string of the molecule is COc1ccc(OC)c(/C(O)=C2\C(=O)C(=O)N(CCCOC(C)C)C2c2ccccc2F)c1. The van der Waals surface area contributed by atoms with Gasteiger partial charge < -0.3 is 24.2 Å². The number of rotatable bonds is 9. The molecular weight excluding hydrogens is 429 g/mol. The van der Waals surface area contributed by atoms with Crippen molar-refractivity contribution < 1.29 is 33.3 Å². The Morgan fingerprint density at radius 1 is 1.12 bits per heavy atom. The molecule has 0 spiro atoms. The van der Waals surface area contributed by atoms with Crippen molar-refractivity contribution in [1.29, 1.82) is 0 Å². The quantitative estimate of drug-likeness (QED) is 0.264. The van der Waals surface area contributed by atoms with Crippen LogP contribution in [-0.2, 0) is 14.3 Å². The molecule has 1 amide bonds. The van der Waals surface area contributed by atoms with Crippen LogP contribution in [0.1, 0.15) is 37.4 Å². The van der Waals surface area contributed by atoms with E-state index in [0.29, 0.717) is 18.8 Å². The Morgan fingerprint density at radius 2 is 1.85 bits per heavy atom. The molecule has 1 aliphatic rings. The number of aliphatic hydroxyl groups is 1. The number of methoxy groups -OCH3 is 2. The number of likely N-dealkylation sites (tertiary alicyclic amines) is 1. The highest BCUT2D eigenvalue weighted by Gasteiger charge is 2.47. The summed E-state index contributed by atoms with van der Waals surface area (Å²) >= 11 is 0. The van der Waals surface area contributed by atoms with E-state index in [1.807, 2.05) is 13.8 Å². The third-order valence-electron chi connectivity index (χ3n) is 5.40. The Bertz CT molecular complexity index is 1060.